The number of fused-ring (bicyclic) bond motifs is 1. The summed E-state index contributed by atoms with van der Waals surface area (Å²) >= 11 is 4.73. The van der Waals surface area contributed by atoms with E-state index in [4.69, 9.17) is 0 Å². The molecular weight excluding hydrogens is 238 g/mol. The van der Waals surface area contributed by atoms with Crippen molar-refractivity contribution in [3.8, 4) is 0 Å². The van der Waals surface area contributed by atoms with Gasteiger partial charge >= 0.3 is 0 Å². The van der Waals surface area contributed by atoms with Crippen LogP contribution in [0, 0.1) is 4.91 Å². The molecule has 0 aliphatic heterocycles. The minimum atomic E-state index is 0.510. The zero-order chi connectivity index (χ0) is 8.55. The Balaban J connectivity index is 2.87. The van der Waals surface area contributed by atoms with Crippen LogP contribution in [0.2, 0.25) is 0 Å². The van der Waals surface area contributed by atoms with E-state index < -0.39 is 0 Å². The second-order valence-electron chi connectivity index (χ2n) is 2.31. The topological polar surface area (TPSA) is 29.4 Å². The average molecular weight is 242 g/mol. The van der Waals surface area contributed by atoms with E-state index in [1.54, 1.807) is 0 Å². The summed E-state index contributed by atoms with van der Waals surface area (Å²) < 4.78 is 1.89. The molecule has 0 N–H and O–H groups in total. The lowest BCUT2D eigenvalue weighted by Gasteiger charge is -1.85. The van der Waals surface area contributed by atoms with Crippen LogP contribution in [0.15, 0.2) is 33.9 Å². The fraction of sp³-hybridized carbons (Fsp3) is 0. The summed E-state index contributed by atoms with van der Waals surface area (Å²) in [5.41, 5.74) is 0. The SMILES string of the molecule is O=Nc1sc2ccccc2c1Br. The lowest BCUT2D eigenvalue weighted by atomic mass is 10.3. The Kier molecular flexibility index (Phi) is 1.94. The summed E-state index contributed by atoms with van der Waals surface area (Å²) in [5.74, 6) is 0. The summed E-state index contributed by atoms with van der Waals surface area (Å²) in [5, 5.41) is 4.49. The molecule has 1 aromatic heterocycles. The van der Waals surface area contributed by atoms with Crippen LogP contribution in [0.4, 0.5) is 5.00 Å². The number of hydrogen-bond acceptors (Lipinski definition) is 3. The normalized spacial score (nSPS) is 10.4. The van der Waals surface area contributed by atoms with Gasteiger partial charge in [0.2, 0.25) is 0 Å². The number of nitrogens with zero attached hydrogens (tertiary/aromatic N) is 1. The number of nitroso groups, excluding NO2 is 1. The van der Waals surface area contributed by atoms with Gasteiger partial charge in [0.15, 0.2) is 5.00 Å². The molecule has 4 heteroatoms. The summed E-state index contributed by atoms with van der Waals surface area (Å²) in [6, 6.07) is 7.82. The first-order chi connectivity index (χ1) is 5.83. The number of hydrogen-bond donors (Lipinski definition) is 0. The van der Waals surface area contributed by atoms with E-state index in [-0.39, 0.29) is 0 Å². The standard InChI is InChI=1S/C8H4BrNOS/c9-7-5-3-1-2-4-6(5)12-8(7)10-11/h1-4H. The first-order valence-corrected chi connectivity index (χ1v) is 4.94. The summed E-state index contributed by atoms with van der Waals surface area (Å²) in [4.78, 5) is 10.3. The van der Waals surface area contributed by atoms with Gasteiger partial charge in [-0.25, -0.2) is 0 Å². The lowest BCUT2D eigenvalue weighted by Crippen LogP contribution is -1.60. The van der Waals surface area contributed by atoms with E-state index in [1.807, 2.05) is 24.3 Å². The molecule has 2 rings (SSSR count). The van der Waals surface area contributed by atoms with Crippen molar-refractivity contribution in [2.75, 3.05) is 0 Å². The quantitative estimate of drug-likeness (QED) is 0.693. The molecule has 1 aromatic carbocycles. The Morgan fingerprint density at radius 3 is 2.75 bits per heavy atom. The summed E-state index contributed by atoms with van der Waals surface area (Å²) in [7, 11) is 0. The Hall–Kier alpha value is -0.740. The van der Waals surface area contributed by atoms with Crippen LogP contribution in [-0.2, 0) is 0 Å². The minimum absolute atomic E-state index is 0.510. The number of halogens is 1. The van der Waals surface area contributed by atoms with Crippen molar-refractivity contribution < 1.29 is 0 Å². The van der Waals surface area contributed by atoms with Gasteiger partial charge in [-0.3, -0.25) is 0 Å². The smallest absolute Gasteiger partial charge is 0.144 e. The molecule has 60 valence electrons. The predicted molar refractivity (Wildman–Crippen MR) is 55.0 cm³/mol. The Labute approximate surface area is 81.3 Å². The van der Waals surface area contributed by atoms with Crippen LogP contribution in [0.5, 0.6) is 0 Å². The Morgan fingerprint density at radius 2 is 2.08 bits per heavy atom. The molecule has 1 heterocycles. The molecule has 0 aliphatic carbocycles. The van der Waals surface area contributed by atoms with Gasteiger partial charge < -0.3 is 0 Å². The highest BCUT2D eigenvalue weighted by Crippen LogP contribution is 2.41. The van der Waals surface area contributed by atoms with E-state index in [2.05, 4.69) is 21.1 Å². The average Bonchev–Trinajstić information content (AvgIpc) is 2.44. The van der Waals surface area contributed by atoms with E-state index in [9.17, 15) is 4.91 Å². The second kappa shape index (κ2) is 2.95. The van der Waals surface area contributed by atoms with Gasteiger partial charge in [-0.05, 0) is 27.2 Å². The van der Waals surface area contributed by atoms with Crippen molar-refractivity contribution in [2.24, 2.45) is 5.18 Å². The van der Waals surface area contributed by atoms with Crippen molar-refractivity contribution in [3.05, 3.63) is 33.6 Å². The zero-order valence-electron chi connectivity index (χ0n) is 5.95. The molecule has 0 saturated carbocycles. The predicted octanol–water partition coefficient (Wildman–Crippen LogP) is 4.06. The monoisotopic (exact) mass is 241 g/mol. The molecule has 0 atom stereocenters. The molecule has 0 amide bonds. The molecule has 0 fully saturated rings. The highest BCUT2D eigenvalue weighted by molar-refractivity contribution is 9.10. The Morgan fingerprint density at radius 1 is 1.33 bits per heavy atom. The number of thiophene rings is 1. The van der Waals surface area contributed by atoms with Crippen LogP contribution in [0.3, 0.4) is 0 Å². The fourth-order valence-corrected chi connectivity index (χ4v) is 2.72. The first-order valence-electron chi connectivity index (χ1n) is 3.33. The maximum absolute atomic E-state index is 10.3. The summed E-state index contributed by atoms with van der Waals surface area (Å²) in [6.45, 7) is 0. The van der Waals surface area contributed by atoms with Gasteiger partial charge in [0.25, 0.3) is 0 Å². The molecule has 12 heavy (non-hydrogen) atoms. The number of benzene rings is 1. The van der Waals surface area contributed by atoms with Gasteiger partial charge in [0, 0.05) is 10.1 Å². The third-order valence-electron chi connectivity index (χ3n) is 1.60. The molecule has 0 radical (unpaired) electrons. The molecule has 0 unspecified atom stereocenters. The van der Waals surface area contributed by atoms with E-state index in [0.29, 0.717) is 5.00 Å². The van der Waals surface area contributed by atoms with Crippen LogP contribution in [0.25, 0.3) is 10.1 Å². The molecule has 0 bridgehead atoms. The molecular formula is C8H4BrNOS. The minimum Gasteiger partial charge on any atom is -0.144 e. The van der Waals surface area contributed by atoms with Crippen LogP contribution in [0.1, 0.15) is 0 Å². The maximum Gasteiger partial charge on any atom is 0.176 e. The first kappa shape index (κ1) is 7.89. The van der Waals surface area contributed by atoms with Gasteiger partial charge in [0.05, 0.1) is 4.47 Å². The molecule has 0 spiro atoms. The van der Waals surface area contributed by atoms with E-state index in [1.165, 1.54) is 11.3 Å². The lowest BCUT2D eigenvalue weighted by molar-refractivity contribution is 1.58. The number of rotatable bonds is 1. The second-order valence-corrected chi connectivity index (χ2v) is 4.13. The van der Waals surface area contributed by atoms with E-state index in [0.717, 1.165) is 14.6 Å². The highest BCUT2D eigenvalue weighted by atomic mass is 79.9. The van der Waals surface area contributed by atoms with E-state index >= 15 is 0 Å². The van der Waals surface area contributed by atoms with Gasteiger partial charge in [-0.1, -0.05) is 18.2 Å². The molecule has 2 nitrogen and oxygen atoms in total. The molecule has 0 aliphatic rings. The van der Waals surface area contributed by atoms with Crippen molar-refractivity contribution >= 4 is 42.4 Å². The molecule has 2 aromatic rings. The van der Waals surface area contributed by atoms with Crippen molar-refractivity contribution in [1.29, 1.82) is 0 Å². The largest absolute Gasteiger partial charge is 0.176 e. The van der Waals surface area contributed by atoms with Gasteiger partial charge in [-0.15, -0.1) is 16.2 Å². The van der Waals surface area contributed by atoms with Crippen molar-refractivity contribution in [3.63, 3.8) is 0 Å². The maximum atomic E-state index is 10.3. The fourth-order valence-electron chi connectivity index (χ4n) is 1.06. The van der Waals surface area contributed by atoms with Gasteiger partial charge in [-0.2, -0.15) is 0 Å². The van der Waals surface area contributed by atoms with Gasteiger partial charge in [0.1, 0.15) is 0 Å². The van der Waals surface area contributed by atoms with Crippen molar-refractivity contribution in [2.45, 2.75) is 0 Å². The van der Waals surface area contributed by atoms with Crippen molar-refractivity contribution in [1.82, 2.24) is 0 Å². The zero-order valence-corrected chi connectivity index (χ0v) is 8.35. The van der Waals surface area contributed by atoms with Crippen LogP contribution < -0.4 is 0 Å². The van der Waals surface area contributed by atoms with Crippen LogP contribution in [-0.4, -0.2) is 0 Å². The summed E-state index contributed by atoms with van der Waals surface area (Å²) in [6.07, 6.45) is 0. The van der Waals surface area contributed by atoms with Crippen LogP contribution >= 0.6 is 27.3 Å². The highest BCUT2D eigenvalue weighted by Gasteiger charge is 2.08. The third kappa shape index (κ3) is 1.07. The Bertz CT molecular complexity index is 438. The third-order valence-corrected chi connectivity index (χ3v) is 3.71. The molecule has 0 saturated heterocycles.